The summed E-state index contributed by atoms with van der Waals surface area (Å²) < 4.78 is 13.3. The molecule has 1 nitrogen and oxygen atoms in total. The maximum atomic E-state index is 13.3. The van der Waals surface area contributed by atoms with Gasteiger partial charge in [0.05, 0.1) is 0 Å². The van der Waals surface area contributed by atoms with Crippen LogP contribution in [0.25, 0.3) is 0 Å². The Morgan fingerprint density at radius 1 is 1.36 bits per heavy atom. The summed E-state index contributed by atoms with van der Waals surface area (Å²) in [5.41, 5.74) is 0. The van der Waals surface area contributed by atoms with Crippen LogP contribution in [0.2, 0.25) is 0 Å². The molecule has 11 heavy (non-hydrogen) atoms. The van der Waals surface area contributed by atoms with Gasteiger partial charge in [0.15, 0.2) is 0 Å². The lowest BCUT2D eigenvalue weighted by Gasteiger charge is -2.35. The first-order valence-electron chi connectivity index (χ1n) is 4.47. The van der Waals surface area contributed by atoms with Crippen LogP contribution in [0, 0.1) is 17.8 Å². The predicted molar refractivity (Wildman–Crippen MR) is 45.3 cm³/mol. The lowest BCUT2D eigenvalue weighted by Crippen LogP contribution is -2.45. The topological polar surface area (TPSA) is 12.0 Å². The molecular formula is C9H18FN. The lowest BCUT2D eigenvalue weighted by molar-refractivity contribution is 0.0929. The molecule has 0 bridgehead atoms. The molecule has 2 heteroatoms. The number of piperidine rings is 1. The van der Waals surface area contributed by atoms with Gasteiger partial charge in [-0.25, -0.2) is 4.39 Å². The highest BCUT2D eigenvalue weighted by molar-refractivity contribution is 4.84. The zero-order valence-corrected chi connectivity index (χ0v) is 7.60. The van der Waals surface area contributed by atoms with Crippen molar-refractivity contribution in [3.05, 3.63) is 0 Å². The van der Waals surface area contributed by atoms with Gasteiger partial charge < -0.3 is 5.32 Å². The molecule has 1 fully saturated rings. The molecule has 0 radical (unpaired) electrons. The van der Waals surface area contributed by atoms with E-state index in [4.69, 9.17) is 0 Å². The Labute approximate surface area is 68.4 Å². The van der Waals surface area contributed by atoms with Gasteiger partial charge in [0, 0.05) is 6.54 Å². The zero-order valence-electron chi connectivity index (χ0n) is 7.60. The van der Waals surface area contributed by atoms with Crippen LogP contribution < -0.4 is 5.32 Å². The first-order chi connectivity index (χ1) is 5.13. The number of hydrogen-bond acceptors (Lipinski definition) is 1. The maximum absolute atomic E-state index is 13.3. The Morgan fingerprint density at radius 2 is 2.00 bits per heavy atom. The van der Waals surface area contributed by atoms with Crippen molar-refractivity contribution in [2.45, 2.75) is 26.9 Å². The molecule has 1 rings (SSSR count). The average Bonchev–Trinajstić information content (AvgIpc) is 1.85. The van der Waals surface area contributed by atoms with E-state index in [1.807, 2.05) is 0 Å². The van der Waals surface area contributed by atoms with Gasteiger partial charge in [0.1, 0.15) is 6.17 Å². The van der Waals surface area contributed by atoms with E-state index in [-0.39, 0.29) is 5.92 Å². The standard InChI is InChI=1S/C9H18FN/c1-6(2)9-7(3)4-11-5-8(9)10/h6-9,11H,4-5H2,1-3H3. The van der Waals surface area contributed by atoms with Crippen molar-refractivity contribution in [3.63, 3.8) is 0 Å². The Kier molecular flexibility index (Phi) is 2.88. The van der Waals surface area contributed by atoms with E-state index in [1.165, 1.54) is 0 Å². The third kappa shape index (κ3) is 1.92. The van der Waals surface area contributed by atoms with Crippen molar-refractivity contribution in [1.82, 2.24) is 5.32 Å². The van der Waals surface area contributed by atoms with Crippen LogP contribution in [0.5, 0.6) is 0 Å². The number of halogens is 1. The Hall–Kier alpha value is -0.110. The summed E-state index contributed by atoms with van der Waals surface area (Å²) in [5.74, 6) is 1.22. The van der Waals surface area contributed by atoms with Crippen molar-refractivity contribution < 1.29 is 4.39 Å². The van der Waals surface area contributed by atoms with Gasteiger partial charge in [-0.2, -0.15) is 0 Å². The monoisotopic (exact) mass is 159 g/mol. The Balaban J connectivity index is 2.55. The summed E-state index contributed by atoms with van der Waals surface area (Å²) in [6.07, 6.45) is -0.640. The molecule has 1 saturated heterocycles. The fraction of sp³-hybridized carbons (Fsp3) is 1.00. The van der Waals surface area contributed by atoms with Crippen molar-refractivity contribution >= 4 is 0 Å². The van der Waals surface area contributed by atoms with Crippen LogP contribution in [-0.2, 0) is 0 Å². The fourth-order valence-corrected chi connectivity index (χ4v) is 2.15. The number of hydrogen-bond donors (Lipinski definition) is 1. The van der Waals surface area contributed by atoms with Crippen LogP contribution in [0.15, 0.2) is 0 Å². The minimum atomic E-state index is -0.640. The summed E-state index contributed by atoms with van der Waals surface area (Å²) in [4.78, 5) is 0. The molecule has 0 amide bonds. The van der Waals surface area contributed by atoms with E-state index < -0.39 is 6.17 Å². The molecule has 0 aromatic heterocycles. The quantitative estimate of drug-likeness (QED) is 0.615. The first kappa shape index (κ1) is 8.98. The second-order valence-electron chi connectivity index (χ2n) is 3.97. The smallest absolute Gasteiger partial charge is 0.116 e. The molecule has 0 aromatic carbocycles. The third-order valence-electron chi connectivity index (χ3n) is 2.65. The highest BCUT2D eigenvalue weighted by atomic mass is 19.1. The van der Waals surface area contributed by atoms with E-state index in [1.54, 1.807) is 0 Å². The van der Waals surface area contributed by atoms with Crippen molar-refractivity contribution in [3.8, 4) is 0 Å². The molecule has 0 aromatic rings. The van der Waals surface area contributed by atoms with Gasteiger partial charge in [-0.15, -0.1) is 0 Å². The lowest BCUT2D eigenvalue weighted by atomic mass is 9.79. The molecule has 3 atom stereocenters. The van der Waals surface area contributed by atoms with Crippen molar-refractivity contribution in [2.75, 3.05) is 13.1 Å². The summed E-state index contributed by atoms with van der Waals surface area (Å²) >= 11 is 0. The molecule has 3 unspecified atom stereocenters. The van der Waals surface area contributed by atoms with Crippen LogP contribution in [0.1, 0.15) is 20.8 Å². The SMILES string of the molecule is CC(C)C1C(C)CNCC1F. The minimum absolute atomic E-state index is 0.260. The highest BCUT2D eigenvalue weighted by Crippen LogP contribution is 2.28. The van der Waals surface area contributed by atoms with E-state index in [9.17, 15) is 4.39 Å². The Bertz CT molecular complexity index is 115. The first-order valence-corrected chi connectivity index (χ1v) is 4.47. The number of alkyl halides is 1. The minimum Gasteiger partial charge on any atom is -0.314 e. The van der Waals surface area contributed by atoms with Crippen LogP contribution in [0.4, 0.5) is 4.39 Å². The van der Waals surface area contributed by atoms with Gasteiger partial charge in [0.25, 0.3) is 0 Å². The largest absolute Gasteiger partial charge is 0.314 e. The van der Waals surface area contributed by atoms with Gasteiger partial charge in [-0.1, -0.05) is 20.8 Å². The van der Waals surface area contributed by atoms with Crippen molar-refractivity contribution in [2.24, 2.45) is 17.8 Å². The molecule has 1 N–H and O–H groups in total. The maximum Gasteiger partial charge on any atom is 0.116 e. The summed E-state index contributed by atoms with van der Waals surface area (Å²) in [6.45, 7) is 7.87. The van der Waals surface area contributed by atoms with Gasteiger partial charge in [-0.3, -0.25) is 0 Å². The second-order valence-corrected chi connectivity index (χ2v) is 3.97. The van der Waals surface area contributed by atoms with Crippen molar-refractivity contribution in [1.29, 1.82) is 0 Å². The third-order valence-corrected chi connectivity index (χ3v) is 2.65. The van der Waals surface area contributed by atoms with Crippen LogP contribution in [0.3, 0.4) is 0 Å². The van der Waals surface area contributed by atoms with E-state index >= 15 is 0 Å². The Morgan fingerprint density at radius 3 is 2.36 bits per heavy atom. The van der Waals surface area contributed by atoms with E-state index in [2.05, 4.69) is 26.1 Å². The summed E-state index contributed by atoms with van der Waals surface area (Å²) in [6, 6.07) is 0. The highest BCUT2D eigenvalue weighted by Gasteiger charge is 2.32. The molecule has 66 valence electrons. The van der Waals surface area contributed by atoms with Gasteiger partial charge in [-0.05, 0) is 24.3 Å². The average molecular weight is 159 g/mol. The predicted octanol–water partition coefficient (Wildman–Crippen LogP) is 1.84. The van der Waals surface area contributed by atoms with E-state index in [0.717, 1.165) is 6.54 Å². The molecule has 1 aliphatic heterocycles. The number of nitrogens with one attached hydrogen (secondary N) is 1. The molecule has 1 heterocycles. The molecule has 0 spiro atoms. The molecule has 1 aliphatic rings. The normalized spacial score (nSPS) is 39.5. The molecule has 0 saturated carbocycles. The van der Waals surface area contributed by atoms with Gasteiger partial charge >= 0.3 is 0 Å². The zero-order chi connectivity index (χ0) is 8.43. The fourth-order valence-electron chi connectivity index (χ4n) is 2.15. The van der Waals surface area contributed by atoms with Crippen LogP contribution >= 0.6 is 0 Å². The number of rotatable bonds is 1. The van der Waals surface area contributed by atoms with Crippen LogP contribution in [-0.4, -0.2) is 19.3 Å². The molecule has 0 aliphatic carbocycles. The summed E-state index contributed by atoms with van der Waals surface area (Å²) in [5, 5.41) is 3.09. The summed E-state index contributed by atoms with van der Waals surface area (Å²) in [7, 11) is 0. The molecular weight excluding hydrogens is 141 g/mol. The van der Waals surface area contributed by atoms with E-state index in [0.29, 0.717) is 18.4 Å². The second kappa shape index (κ2) is 3.53. The van der Waals surface area contributed by atoms with Gasteiger partial charge in [0.2, 0.25) is 0 Å².